The van der Waals surface area contributed by atoms with E-state index < -0.39 is 0 Å². The van der Waals surface area contributed by atoms with E-state index in [-0.39, 0.29) is 0 Å². The van der Waals surface area contributed by atoms with Crippen molar-refractivity contribution in [2.45, 2.75) is 167 Å². The minimum atomic E-state index is 0.806. The summed E-state index contributed by atoms with van der Waals surface area (Å²) in [5, 5.41) is 0. The molecule has 0 aromatic heterocycles. The lowest BCUT2D eigenvalue weighted by atomic mass is 9.68. The maximum absolute atomic E-state index is 2.48. The monoisotopic (exact) mass is 595 g/mol. The first kappa shape index (κ1) is 32.4. The summed E-state index contributed by atoms with van der Waals surface area (Å²) in [5.41, 5.74) is 6.25. The molecule has 0 aliphatic heterocycles. The van der Waals surface area contributed by atoms with Gasteiger partial charge in [0.05, 0.1) is 0 Å². The third-order valence-electron chi connectivity index (χ3n) is 13.7. The lowest BCUT2D eigenvalue weighted by molar-refractivity contribution is 0.156. The Morgan fingerprint density at radius 3 is 0.977 bits per heavy atom. The van der Waals surface area contributed by atoms with Crippen LogP contribution in [0.4, 0.5) is 0 Å². The molecule has 0 atom stereocenters. The first-order valence-corrected chi connectivity index (χ1v) is 19.9. The van der Waals surface area contributed by atoms with Crippen LogP contribution in [0.2, 0.25) is 0 Å². The number of rotatable bonds is 11. The fraction of sp³-hybridized carbons (Fsp3) is 0.727. The molecule has 0 radical (unpaired) electrons. The van der Waals surface area contributed by atoms with Gasteiger partial charge in [-0.3, -0.25) is 0 Å². The molecule has 6 rings (SSSR count). The van der Waals surface area contributed by atoms with Crippen LogP contribution >= 0.6 is 0 Å². The molecular formula is C44H66. The van der Waals surface area contributed by atoms with E-state index in [0.29, 0.717) is 0 Å². The van der Waals surface area contributed by atoms with Crippen molar-refractivity contribution in [2.24, 2.45) is 35.5 Å². The lowest BCUT2D eigenvalue weighted by Gasteiger charge is -2.38. The van der Waals surface area contributed by atoms with E-state index in [0.717, 1.165) is 47.3 Å². The molecule has 242 valence electrons. The van der Waals surface area contributed by atoms with Crippen molar-refractivity contribution in [3.63, 3.8) is 0 Å². The quantitative estimate of drug-likeness (QED) is 0.243. The Morgan fingerprint density at radius 2 is 0.682 bits per heavy atom. The van der Waals surface area contributed by atoms with Gasteiger partial charge in [0, 0.05) is 0 Å². The minimum Gasteiger partial charge on any atom is -0.0654 e. The lowest BCUT2D eigenvalue weighted by Crippen LogP contribution is -2.25. The zero-order valence-electron chi connectivity index (χ0n) is 28.8. The summed E-state index contributed by atoms with van der Waals surface area (Å²) >= 11 is 0. The Hall–Kier alpha value is -1.56. The van der Waals surface area contributed by atoms with Gasteiger partial charge in [-0.15, -0.1) is 0 Å². The predicted molar refractivity (Wildman–Crippen MR) is 190 cm³/mol. The second-order valence-corrected chi connectivity index (χ2v) is 16.3. The third kappa shape index (κ3) is 8.62. The van der Waals surface area contributed by atoms with Gasteiger partial charge in [0.15, 0.2) is 0 Å². The smallest absolute Gasteiger partial charge is 0.0162 e. The Balaban J connectivity index is 0.896. The molecule has 4 fully saturated rings. The second-order valence-electron chi connectivity index (χ2n) is 16.3. The van der Waals surface area contributed by atoms with E-state index in [1.807, 2.05) is 0 Å². The Labute approximate surface area is 272 Å². The highest BCUT2D eigenvalue weighted by Crippen LogP contribution is 2.46. The van der Waals surface area contributed by atoms with Gasteiger partial charge in [-0.25, -0.2) is 0 Å². The van der Waals surface area contributed by atoms with Gasteiger partial charge in [-0.1, -0.05) is 114 Å². The molecule has 4 saturated carbocycles. The topological polar surface area (TPSA) is 0 Å². The van der Waals surface area contributed by atoms with Gasteiger partial charge in [-0.2, -0.15) is 0 Å². The zero-order chi connectivity index (χ0) is 30.1. The van der Waals surface area contributed by atoms with Crippen molar-refractivity contribution in [1.29, 1.82) is 0 Å². The summed E-state index contributed by atoms with van der Waals surface area (Å²) in [6.45, 7) is 4.73. The van der Waals surface area contributed by atoms with Crippen molar-refractivity contribution in [2.75, 3.05) is 0 Å². The molecule has 4 aliphatic carbocycles. The van der Waals surface area contributed by atoms with Gasteiger partial charge in [0.1, 0.15) is 0 Å². The summed E-state index contributed by atoms with van der Waals surface area (Å²) in [5.74, 6) is 7.83. The second kappa shape index (κ2) is 16.3. The molecule has 0 spiro atoms. The van der Waals surface area contributed by atoms with Gasteiger partial charge in [-0.05, 0) is 159 Å². The molecule has 0 unspecified atom stereocenters. The average molecular weight is 595 g/mol. The Morgan fingerprint density at radius 1 is 0.386 bits per heavy atom. The fourth-order valence-corrected chi connectivity index (χ4v) is 10.8. The van der Waals surface area contributed by atoms with E-state index in [1.54, 1.807) is 11.1 Å². The van der Waals surface area contributed by atoms with Crippen molar-refractivity contribution in [3.8, 4) is 0 Å². The molecule has 0 nitrogen and oxygen atoms in total. The van der Waals surface area contributed by atoms with Crippen molar-refractivity contribution in [1.82, 2.24) is 0 Å². The maximum atomic E-state index is 2.48. The van der Waals surface area contributed by atoms with E-state index in [2.05, 4.69) is 62.4 Å². The third-order valence-corrected chi connectivity index (χ3v) is 13.7. The van der Waals surface area contributed by atoms with Gasteiger partial charge in [0.25, 0.3) is 0 Å². The number of benzene rings is 2. The fourth-order valence-electron chi connectivity index (χ4n) is 10.8. The summed E-state index contributed by atoms with van der Waals surface area (Å²) in [6, 6.07) is 19.7. The molecular weight excluding hydrogens is 528 g/mol. The van der Waals surface area contributed by atoms with E-state index in [1.165, 1.54) is 152 Å². The summed E-state index contributed by atoms with van der Waals surface area (Å²) in [7, 11) is 0. The van der Waals surface area contributed by atoms with Crippen LogP contribution in [-0.2, 0) is 12.8 Å². The highest BCUT2D eigenvalue weighted by Gasteiger charge is 2.32. The first-order valence-electron chi connectivity index (χ1n) is 19.9. The summed E-state index contributed by atoms with van der Waals surface area (Å²) < 4.78 is 0. The van der Waals surface area contributed by atoms with Crippen molar-refractivity contribution >= 4 is 0 Å². The maximum Gasteiger partial charge on any atom is -0.0162 e. The average Bonchev–Trinajstić information content (AvgIpc) is 3.09. The zero-order valence-corrected chi connectivity index (χ0v) is 28.8. The largest absolute Gasteiger partial charge is 0.0654 e. The number of aryl methyl sites for hydroxylation is 2. The van der Waals surface area contributed by atoms with Crippen molar-refractivity contribution < 1.29 is 0 Å². The molecule has 0 amide bonds. The standard InChI is InChI=1S/C44H66/c1-3-5-33-9-17-37(18-10-33)41-25-29-43(30-26-41)39-21-13-35(14-22-39)7-8-36-15-23-40(24-16-36)44-31-27-42(28-32-44)38-19-11-34(6-4-2)12-20-38/h13-16,21-24,33-34,37-38,41-44H,3-12,17-20,25-32H2,1-2H3. The molecule has 2 aromatic rings. The summed E-state index contributed by atoms with van der Waals surface area (Å²) in [4.78, 5) is 0. The highest BCUT2D eigenvalue weighted by atomic mass is 14.4. The number of hydrogen-bond acceptors (Lipinski definition) is 0. The Kier molecular flexibility index (Phi) is 12.0. The molecule has 0 bridgehead atoms. The normalized spacial score (nSPS) is 33.2. The molecule has 0 N–H and O–H groups in total. The molecule has 4 aliphatic rings. The molecule has 0 heteroatoms. The Bertz CT molecular complexity index is 972. The van der Waals surface area contributed by atoms with Crippen LogP contribution in [0.3, 0.4) is 0 Å². The minimum absolute atomic E-state index is 0.806. The van der Waals surface area contributed by atoms with Gasteiger partial charge < -0.3 is 0 Å². The SMILES string of the molecule is CCCC1CCC(C2CCC(c3ccc(CCc4ccc(C5CCC(C6CCC(CCC)CC6)CC5)cc4)cc3)CC2)CC1. The van der Waals surface area contributed by atoms with E-state index in [9.17, 15) is 0 Å². The van der Waals surface area contributed by atoms with Crippen molar-refractivity contribution in [3.05, 3.63) is 70.8 Å². The number of hydrogen-bond donors (Lipinski definition) is 0. The summed E-state index contributed by atoms with van der Waals surface area (Å²) in [6.07, 6.45) is 31.8. The van der Waals surface area contributed by atoms with E-state index >= 15 is 0 Å². The van der Waals surface area contributed by atoms with Crippen LogP contribution in [0.1, 0.15) is 176 Å². The van der Waals surface area contributed by atoms with Crippen LogP contribution in [-0.4, -0.2) is 0 Å². The highest BCUT2D eigenvalue weighted by molar-refractivity contribution is 5.29. The van der Waals surface area contributed by atoms with Crippen LogP contribution in [0.15, 0.2) is 48.5 Å². The van der Waals surface area contributed by atoms with Crippen LogP contribution in [0, 0.1) is 35.5 Å². The first-order chi connectivity index (χ1) is 21.7. The molecule has 2 aromatic carbocycles. The van der Waals surface area contributed by atoms with Crippen LogP contribution < -0.4 is 0 Å². The van der Waals surface area contributed by atoms with Crippen LogP contribution in [0.25, 0.3) is 0 Å². The van der Waals surface area contributed by atoms with E-state index in [4.69, 9.17) is 0 Å². The molecule has 0 heterocycles. The van der Waals surface area contributed by atoms with Crippen LogP contribution in [0.5, 0.6) is 0 Å². The predicted octanol–water partition coefficient (Wildman–Crippen LogP) is 13.2. The van der Waals surface area contributed by atoms with Gasteiger partial charge in [0.2, 0.25) is 0 Å². The molecule has 0 saturated heterocycles. The molecule has 44 heavy (non-hydrogen) atoms. The van der Waals surface area contributed by atoms with Gasteiger partial charge >= 0.3 is 0 Å².